The standard InChI is InChI=1S/C9H17NO2.ClH/c1-2-12-9(11)8-5-3-4-6-10-7-8;/h8,10H,2-7H2,1H3;1H. The van der Waals surface area contributed by atoms with Crippen LogP contribution in [0.15, 0.2) is 0 Å². The molecule has 1 aliphatic rings. The molecular formula is C9H18ClNO2. The molecule has 0 aromatic rings. The van der Waals surface area contributed by atoms with E-state index in [1.165, 1.54) is 6.42 Å². The summed E-state index contributed by atoms with van der Waals surface area (Å²) in [4.78, 5) is 11.3. The summed E-state index contributed by atoms with van der Waals surface area (Å²) in [6.07, 6.45) is 3.29. The van der Waals surface area contributed by atoms with Crippen molar-refractivity contribution < 1.29 is 9.53 Å². The summed E-state index contributed by atoms with van der Waals surface area (Å²) in [6.45, 7) is 4.17. The highest BCUT2D eigenvalue weighted by Gasteiger charge is 2.20. The molecule has 0 bridgehead atoms. The molecule has 0 saturated carbocycles. The van der Waals surface area contributed by atoms with Crippen LogP contribution in [0.5, 0.6) is 0 Å². The van der Waals surface area contributed by atoms with Gasteiger partial charge in [-0.15, -0.1) is 12.4 Å². The average Bonchev–Trinajstić information content (AvgIpc) is 2.32. The Bertz CT molecular complexity index is 145. The van der Waals surface area contributed by atoms with Gasteiger partial charge in [0.25, 0.3) is 0 Å². The third kappa shape index (κ3) is 4.48. The molecule has 0 aliphatic carbocycles. The first-order valence-electron chi connectivity index (χ1n) is 4.72. The van der Waals surface area contributed by atoms with Crippen molar-refractivity contribution in [3.05, 3.63) is 0 Å². The van der Waals surface area contributed by atoms with E-state index in [-0.39, 0.29) is 24.3 Å². The number of carbonyl (C=O) groups is 1. The minimum absolute atomic E-state index is 0. The van der Waals surface area contributed by atoms with E-state index < -0.39 is 0 Å². The molecule has 13 heavy (non-hydrogen) atoms. The van der Waals surface area contributed by atoms with Gasteiger partial charge in [0.05, 0.1) is 12.5 Å². The van der Waals surface area contributed by atoms with Gasteiger partial charge in [0.2, 0.25) is 0 Å². The van der Waals surface area contributed by atoms with E-state index in [9.17, 15) is 4.79 Å². The number of carbonyl (C=O) groups excluding carboxylic acids is 1. The van der Waals surface area contributed by atoms with Crippen LogP contribution < -0.4 is 5.32 Å². The predicted molar refractivity (Wildman–Crippen MR) is 54.1 cm³/mol. The van der Waals surface area contributed by atoms with Gasteiger partial charge < -0.3 is 10.1 Å². The summed E-state index contributed by atoms with van der Waals surface area (Å²) in [6, 6.07) is 0. The van der Waals surface area contributed by atoms with Crippen molar-refractivity contribution in [3.63, 3.8) is 0 Å². The van der Waals surface area contributed by atoms with E-state index in [0.29, 0.717) is 6.61 Å². The second-order valence-electron chi connectivity index (χ2n) is 3.15. The summed E-state index contributed by atoms with van der Waals surface area (Å²) in [5, 5.41) is 3.24. The van der Waals surface area contributed by atoms with Crippen LogP contribution in [0.1, 0.15) is 26.2 Å². The number of esters is 1. The number of hydrogen-bond acceptors (Lipinski definition) is 3. The highest BCUT2D eigenvalue weighted by atomic mass is 35.5. The number of nitrogens with one attached hydrogen (secondary N) is 1. The van der Waals surface area contributed by atoms with Crippen molar-refractivity contribution in [2.24, 2.45) is 5.92 Å². The van der Waals surface area contributed by atoms with Crippen molar-refractivity contribution in [1.82, 2.24) is 5.32 Å². The van der Waals surface area contributed by atoms with Gasteiger partial charge >= 0.3 is 5.97 Å². The zero-order valence-electron chi connectivity index (χ0n) is 8.04. The molecule has 78 valence electrons. The van der Waals surface area contributed by atoms with Crippen LogP contribution in [-0.2, 0) is 9.53 Å². The van der Waals surface area contributed by atoms with Gasteiger partial charge in [0.15, 0.2) is 0 Å². The largest absolute Gasteiger partial charge is 0.466 e. The molecule has 1 saturated heterocycles. The fraction of sp³-hybridized carbons (Fsp3) is 0.889. The lowest BCUT2D eigenvalue weighted by molar-refractivity contribution is -0.147. The molecule has 0 aromatic carbocycles. The van der Waals surface area contributed by atoms with Crippen molar-refractivity contribution in [2.45, 2.75) is 26.2 Å². The minimum Gasteiger partial charge on any atom is -0.466 e. The van der Waals surface area contributed by atoms with Gasteiger partial charge in [0, 0.05) is 6.54 Å². The summed E-state index contributed by atoms with van der Waals surface area (Å²) in [5.74, 6) is 0.0550. The molecular weight excluding hydrogens is 190 g/mol. The van der Waals surface area contributed by atoms with E-state index in [1.54, 1.807) is 0 Å². The molecule has 0 amide bonds. The van der Waals surface area contributed by atoms with Crippen molar-refractivity contribution in [1.29, 1.82) is 0 Å². The monoisotopic (exact) mass is 207 g/mol. The molecule has 1 heterocycles. The fourth-order valence-corrected chi connectivity index (χ4v) is 1.48. The minimum atomic E-state index is -0.0353. The Labute approximate surface area is 85.6 Å². The van der Waals surface area contributed by atoms with E-state index in [4.69, 9.17) is 4.74 Å². The van der Waals surface area contributed by atoms with Crippen LogP contribution in [0.2, 0.25) is 0 Å². The number of ether oxygens (including phenoxy) is 1. The normalized spacial score (nSPS) is 22.7. The SMILES string of the molecule is CCOC(=O)C1CCCCNC1.Cl. The van der Waals surface area contributed by atoms with Crippen LogP contribution >= 0.6 is 12.4 Å². The summed E-state index contributed by atoms with van der Waals surface area (Å²) < 4.78 is 4.96. The molecule has 3 nitrogen and oxygen atoms in total. The van der Waals surface area contributed by atoms with Gasteiger partial charge in [0.1, 0.15) is 0 Å². The molecule has 1 atom stereocenters. The average molecular weight is 208 g/mol. The maximum atomic E-state index is 11.3. The predicted octanol–water partition coefficient (Wildman–Crippen LogP) is 1.36. The first kappa shape index (κ1) is 12.7. The zero-order chi connectivity index (χ0) is 8.81. The zero-order valence-corrected chi connectivity index (χ0v) is 8.86. The number of halogens is 1. The highest BCUT2D eigenvalue weighted by molar-refractivity contribution is 5.85. The van der Waals surface area contributed by atoms with E-state index in [2.05, 4.69) is 5.32 Å². The smallest absolute Gasteiger partial charge is 0.310 e. The quantitative estimate of drug-likeness (QED) is 0.695. The Balaban J connectivity index is 0.00000144. The topological polar surface area (TPSA) is 38.3 Å². The lowest BCUT2D eigenvalue weighted by atomic mass is 10.0. The van der Waals surface area contributed by atoms with Gasteiger partial charge in [-0.25, -0.2) is 0 Å². The summed E-state index contributed by atoms with van der Waals surface area (Å²) >= 11 is 0. The van der Waals surface area contributed by atoms with Crippen LogP contribution in [0.3, 0.4) is 0 Å². The Morgan fingerprint density at radius 2 is 2.31 bits per heavy atom. The fourth-order valence-electron chi connectivity index (χ4n) is 1.48. The molecule has 1 fully saturated rings. The highest BCUT2D eigenvalue weighted by Crippen LogP contribution is 2.12. The maximum absolute atomic E-state index is 11.3. The first-order valence-corrected chi connectivity index (χ1v) is 4.72. The van der Waals surface area contributed by atoms with Crippen LogP contribution in [0.25, 0.3) is 0 Å². The lowest BCUT2D eigenvalue weighted by Crippen LogP contribution is -2.28. The Morgan fingerprint density at radius 3 is 3.00 bits per heavy atom. The second kappa shape index (κ2) is 7.15. The molecule has 1 rings (SSSR count). The van der Waals surface area contributed by atoms with E-state index in [1.807, 2.05) is 6.92 Å². The Hall–Kier alpha value is -0.280. The van der Waals surface area contributed by atoms with Gasteiger partial charge in [-0.05, 0) is 26.3 Å². The van der Waals surface area contributed by atoms with Crippen LogP contribution in [0.4, 0.5) is 0 Å². The van der Waals surface area contributed by atoms with Crippen molar-refractivity contribution in [3.8, 4) is 0 Å². The number of rotatable bonds is 2. The molecule has 4 heteroatoms. The van der Waals surface area contributed by atoms with Gasteiger partial charge in [-0.1, -0.05) is 6.42 Å². The molecule has 0 aromatic heterocycles. The van der Waals surface area contributed by atoms with Gasteiger partial charge in [-0.2, -0.15) is 0 Å². The lowest BCUT2D eigenvalue weighted by Gasteiger charge is -2.11. The first-order chi connectivity index (χ1) is 5.84. The third-order valence-corrected chi connectivity index (χ3v) is 2.17. The van der Waals surface area contributed by atoms with Crippen molar-refractivity contribution >= 4 is 18.4 Å². The molecule has 0 radical (unpaired) electrons. The summed E-state index contributed by atoms with van der Waals surface area (Å²) in [5.41, 5.74) is 0. The Morgan fingerprint density at radius 1 is 1.54 bits per heavy atom. The van der Waals surface area contributed by atoms with Crippen molar-refractivity contribution in [2.75, 3.05) is 19.7 Å². The maximum Gasteiger partial charge on any atom is 0.310 e. The third-order valence-electron chi connectivity index (χ3n) is 2.17. The second-order valence-corrected chi connectivity index (χ2v) is 3.15. The summed E-state index contributed by atoms with van der Waals surface area (Å²) in [7, 11) is 0. The van der Waals surface area contributed by atoms with Crippen LogP contribution in [0, 0.1) is 5.92 Å². The Kier molecular flexibility index (Phi) is 7.00. The van der Waals surface area contributed by atoms with E-state index >= 15 is 0 Å². The molecule has 0 spiro atoms. The van der Waals surface area contributed by atoms with E-state index in [0.717, 1.165) is 25.9 Å². The molecule has 1 N–H and O–H groups in total. The van der Waals surface area contributed by atoms with Gasteiger partial charge in [-0.3, -0.25) is 4.79 Å². The van der Waals surface area contributed by atoms with Crippen LogP contribution in [-0.4, -0.2) is 25.7 Å². The molecule has 1 aliphatic heterocycles. The molecule has 1 unspecified atom stereocenters. The number of hydrogen-bond donors (Lipinski definition) is 1.